The van der Waals surface area contributed by atoms with E-state index in [2.05, 4.69) is 17.6 Å². The first-order valence-corrected chi connectivity index (χ1v) is 16.9. The van der Waals surface area contributed by atoms with Gasteiger partial charge in [0.15, 0.2) is 0 Å². The molecule has 0 aromatic heterocycles. The molecule has 0 saturated heterocycles. The summed E-state index contributed by atoms with van der Waals surface area (Å²) in [5.41, 5.74) is 1.79. The van der Waals surface area contributed by atoms with Gasteiger partial charge in [-0.2, -0.15) is 0 Å². The van der Waals surface area contributed by atoms with Gasteiger partial charge in [0.1, 0.15) is 0 Å². The molecule has 0 heterocycles. The molecule has 4 aliphatic rings. The zero-order chi connectivity index (χ0) is 28.2. The molecule has 40 heavy (non-hydrogen) atoms. The number of aliphatic hydroxyl groups excluding tert-OH is 2. The zero-order valence-electron chi connectivity index (χ0n) is 25.3. The largest absolute Gasteiger partial charge is 0.395 e. The summed E-state index contributed by atoms with van der Waals surface area (Å²) in [5, 5.41) is 27.2. The van der Waals surface area contributed by atoms with Gasteiger partial charge in [0.25, 0.3) is 0 Å². The van der Waals surface area contributed by atoms with E-state index in [0.717, 1.165) is 42.0 Å². The van der Waals surface area contributed by atoms with Gasteiger partial charge in [-0.25, -0.2) is 0 Å². The second-order valence-electron chi connectivity index (χ2n) is 13.8. The normalized spacial score (nSPS) is 26.6. The highest BCUT2D eigenvalue weighted by molar-refractivity contribution is 5.91. The monoisotopic (exact) mass is 554 g/mol. The van der Waals surface area contributed by atoms with E-state index in [1.165, 1.54) is 109 Å². The highest BCUT2D eigenvalue weighted by atomic mass is 16.3. The summed E-state index contributed by atoms with van der Waals surface area (Å²) in [7, 11) is 0. The summed E-state index contributed by atoms with van der Waals surface area (Å²) in [4.78, 5) is 13.0. The van der Waals surface area contributed by atoms with Crippen LogP contribution in [-0.2, 0) is 4.79 Å². The van der Waals surface area contributed by atoms with Crippen LogP contribution in [0.15, 0.2) is 24.3 Å². The van der Waals surface area contributed by atoms with Crippen molar-refractivity contribution in [1.82, 2.24) is 5.32 Å². The Balaban J connectivity index is 1.09. The Morgan fingerprint density at radius 1 is 0.825 bits per heavy atom. The second-order valence-corrected chi connectivity index (χ2v) is 13.8. The van der Waals surface area contributed by atoms with E-state index in [9.17, 15) is 15.0 Å². The van der Waals surface area contributed by atoms with Crippen LogP contribution >= 0.6 is 0 Å². The minimum Gasteiger partial charge on any atom is -0.395 e. The van der Waals surface area contributed by atoms with Crippen molar-refractivity contribution in [2.45, 2.75) is 141 Å². The summed E-state index contributed by atoms with van der Waals surface area (Å²) in [6, 6.07) is 7.13. The molecule has 0 radical (unpaired) electrons. The summed E-state index contributed by atoms with van der Waals surface area (Å²) < 4.78 is 0. The van der Waals surface area contributed by atoms with Crippen molar-refractivity contribution in [2.24, 2.45) is 23.2 Å². The molecule has 1 unspecified atom stereocenters. The SMILES string of the molecule is CCCCCCCCCCCCCCN[C@H](CO)C(O)c1ccc(NC(=O)CC23CC4CC(CC(C4)C2)C3)cc1. The summed E-state index contributed by atoms with van der Waals surface area (Å²) in [6.45, 7) is 2.96. The molecule has 5 heteroatoms. The van der Waals surface area contributed by atoms with E-state index >= 15 is 0 Å². The maximum absolute atomic E-state index is 13.0. The van der Waals surface area contributed by atoms with Gasteiger partial charge < -0.3 is 20.8 Å². The van der Waals surface area contributed by atoms with Crippen molar-refractivity contribution in [2.75, 3.05) is 18.5 Å². The average molecular weight is 555 g/mol. The van der Waals surface area contributed by atoms with Crippen LogP contribution in [0.3, 0.4) is 0 Å². The number of hydrogen-bond donors (Lipinski definition) is 4. The van der Waals surface area contributed by atoms with Crippen LogP contribution < -0.4 is 10.6 Å². The first-order chi connectivity index (χ1) is 19.5. The maximum atomic E-state index is 13.0. The Kier molecular flexibility index (Phi) is 12.8. The van der Waals surface area contributed by atoms with Gasteiger partial charge >= 0.3 is 0 Å². The molecular weight excluding hydrogens is 496 g/mol. The number of carbonyl (C=O) groups is 1. The van der Waals surface area contributed by atoms with Gasteiger partial charge in [-0.15, -0.1) is 0 Å². The topological polar surface area (TPSA) is 81.6 Å². The lowest BCUT2D eigenvalue weighted by Crippen LogP contribution is -2.47. The van der Waals surface area contributed by atoms with E-state index in [4.69, 9.17) is 0 Å². The standard InChI is InChI=1S/C35H58N2O3/c1-2-3-4-5-6-7-8-9-10-11-12-13-18-36-32(26-38)34(40)30-14-16-31(17-15-30)37-33(39)25-35-22-27-19-28(23-35)21-29(20-27)24-35/h14-17,27-29,32,34,36,38,40H,2-13,18-26H2,1H3,(H,37,39)/t27?,28?,29?,32-,34?,35?/m1/s1. The summed E-state index contributed by atoms with van der Waals surface area (Å²) >= 11 is 0. The molecule has 4 saturated carbocycles. The lowest BCUT2D eigenvalue weighted by molar-refractivity contribution is -0.124. The first-order valence-electron chi connectivity index (χ1n) is 16.9. The molecule has 226 valence electrons. The number of hydrogen-bond acceptors (Lipinski definition) is 4. The molecule has 0 aliphatic heterocycles. The third-order valence-corrected chi connectivity index (χ3v) is 10.3. The van der Waals surface area contributed by atoms with Crippen LogP contribution in [-0.4, -0.2) is 35.3 Å². The zero-order valence-corrected chi connectivity index (χ0v) is 25.3. The van der Waals surface area contributed by atoms with Crippen LogP contribution in [0.25, 0.3) is 0 Å². The van der Waals surface area contributed by atoms with Crippen molar-refractivity contribution < 1.29 is 15.0 Å². The van der Waals surface area contributed by atoms with Crippen molar-refractivity contribution >= 4 is 11.6 Å². The predicted octanol–water partition coefficient (Wildman–Crippen LogP) is 7.92. The van der Waals surface area contributed by atoms with Crippen LogP contribution in [0, 0.1) is 23.2 Å². The Bertz CT molecular complexity index is 835. The quantitative estimate of drug-likeness (QED) is 0.123. The van der Waals surface area contributed by atoms with Crippen molar-refractivity contribution in [1.29, 1.82) is 0 Å². The Hall–Kier alpha value is -1.43. The van der Waals surface area contributed by atoms with E-state index in [0.29, 0.717) is 6.42 Å². The minimum atomic E-state index is -0.779. The van der Waals surface area contributed by atoms with Crippen LogP contribution in [0.2, 0.25) is 0 Å². The molecule has 4 bridgehead atoms. The molecule has 1 aromatic carbocycles. The second kappa shape index (κ2) is 16.3. The van der Waals surface area contributed by atoms with Gasteiger partial charge in [-0.1, -0.05) is 89.7 Å². The molecular formula is C35H58N2O3. The van der Waals surface area contributed by atoms with E-state index in [-0.39, 0.29) is 24.0 Å². The third kappa shape index (κ3) is 9.56. The Labute approximate surface area is 244 Å². The van der Waals surface area contributed by atoms with E-state index < -0.39 is 6.10 Å². The van der Waals surface area contributed by atoms with Crippen LogP contribution in [0.5, 0.6) is 0 Å². The highest BCUT2D eigenvalue weighted by Gasteiger charge is 2.51. The van der Waals surface area contributed by atoms with E-state index in [1.54, 1.807) is 0 Å². The van der Waals surface area contributed by atoms with Crippen LogP contribution in [0.1, 0.15) is 141 Å². The maximum Gasteiger partial charge on any atom is 0.224 e. The van der Waals surface area contributed by atoms with Gasteiger partial charge in [-0.05, 0) is 92.4 Å². The highest BCUT2D eigenvalue weighted by Crippen LogP contribution is 2.61. The Morgan fingerprint density at radius 3 is 1.82 bits per heavy atom. The van der Waals surface area contributed by atoms with Crippen molar-refractivity contribution in [3.63, 3.8) is 0 Å². The van der Waals surface area contributed by atoms with Crippen molar-refractivity contribution in [3.05, 3.63) is 29.8 Å². The summed E-state index contributed by atoms with van der Waals surface area (Å²) in [5.74, 6) is 2.69. The number of unbranched alkanes of at least 4 members (excludes halogenated alkanes) is 11. The molecule has 1 amide bonds. The summed E-state index contributed by atoms with van der Waals surface area (Å²) in [6.07, 6.45) is 23.6. The number of aliphatic hydroxyl groups is 2. The van der Waals surface area contributed by atoms with E-state index in [1.807, 2.05) is 24.3 Å². The molecule has 5 nitrogen and oxygen atoms in total. The number of nitrogens with one attached hydrogen (secondary N) is 2. The number of benzene rings is 1. The molecule has 4 aliphatic carbocycles. The Morgan fingerprint density at radius 2 is 1.32 bits per heavy atom. The molecule has 0 spiro atoms. The molecule has 4 fully saturated rings. The number of rotatable bonds is 20. The fourth-order valence-electron chi connectivity index (χ4n) is 8.58. The number of anilines is 1. The first kappa shape index (κ1) is 31.5. The van der Waals surface area contributed by atoms with Gasteiger partial charge in [0, 0.05) is 12.1 Å². The average Bonchev–Trinajstić information content (AvgIpc) is 2.92. The van der Waals surface area contributed by atoms with Gasteiger partial charge in [0.05, 0.1) is 18.8 Å². The molecule has 1 aromatic rings. The van der Waals surface area contributed by atoms with Gasteiger partial charge in [-0.3, -0.25) is 4.79 Å². The fourth-order valence-corrected chi connectivity index (χ4v) is 8.58. The lowest BCUT2D eigenvalue weighted by atomic mass is 9.49. The number of amides is 1. The molecule has 5 rings (SSSR count). The van der Waals surface area contributed by atoms with Gasteiger partial charge in [0.2, 0.25) is 5.91 Å². The van der Waals surface area contributed by atoms with Crippen molar-refractivity contribution in [3.8, 4) is 0 Å². The van der Waals surface area contributed by atoms with Crippen LogP contribution in [0.4, 0.5) is 5.69 Å². The third-order valence-electron chi connectivity index (χ3n) is 10.3. The predicted molar refractivity (Wildman–Crippen MR) is 165 cm³/mol. The fraction of sp³-hybridized carbons (Fsp3) is 0.800. The molecule has 2 atom stereocenters. The number of carbonyl (C=O) groups excluding carboxylic acids is 1. The molecule has 4 N–H and O–H groups in total. The minimum absolute atomic E-state index is 0.108. The smallest absolute Gasteiger partial charge is 0.224 e. The lowest BCUT2D eigenvalue weighted by Gasteiger charge is -2.56.